The van der Waals surface area contributed by atoms with Gasteiger partial charge in [0, 0.05) is 53.4 Å². The average molecular weight is 535 g/mol. The van der Waals surface area contributed by atoms with Crippen molar-refractivity contribution in [3.63, 3.8) is 0 Å². The van der Waals surface area contributed by atoms with Gasteiger partial charge in [0.1, 0.15) is 5.01 Å². The first-order valence-electron chi connectivity index (χ1n) is 11.4. The second-order valence-electron chi connectivity index (χ2n) is 8.68. The van der Waals surface area contributed by atoms with Crippen LogP contribution in [0, 0.1) is 0 Å². The molecule has 4 heterocycles. The largest absolute Gasteiger partial charge is 0.490 e. The summed E-state index contributed by atoms with van der Waals surface area (Å²) in [6, 6.07) is 12.4. The van der Waals surface area contributed by atoms with Crippen molar-refractivity contribution < 1.29 is 27.8 Å². The molecule has 196 valence electrons. The van der Waals surface area contributed by atoms with E-state index in [-0.39, 0.29) is 12.1 Å². The van der Waals surface area contributed by atoms with E-state index in [4.69, 9.17) is 20.4 Å². The van der Waals surface area contributed by atoms with Crippen molar-refractivity contribution in [2.75, 3.05) is 18.0 Å². The fourth-order valence-electron chi connectivity index (χ4n) is 3.76. The number of rotatable bonds is 5. The van der Waals surface area contributed by atoms with E-state index in [0.29, 0.717) is 5.88 Å². The second-order valence-corrected chi connectivity index (χ2v) is 9.63. The molecule has 1 aromatic carbocycles. The van der Waals surface area contributed by atoms with E-state index in [0.717, 1.165) is 57.4 Å². The zero-order valence-electron chi connectivity index (χ0n) is 20.0. The lowest BCUT2D eigenvalue weighted by Gasteiger charge is -2.12. The number of nitrogens with one attached hydrogen (secondary N) is 1. The molecule has 0 saturated carbocycles. The Morgan fingerprint density at radius 3 is 2.68 bits per heavy atom. The Morgan fingerprint density at radius 2 is 2.03 bits per heavy atom. The molecule has 1 atom stereocenters. The lowest BCUT2D eigenvalue weighted by Crippen LogP contribution is -2.26. The molecule has 13 heteroatoms. The molecule has 0 radical (unpaired) electrons. The maximum absolute atomic E-state index is 10.6. The number of carboxylic acid groups (broad SMARTS) is 1. The van der Waals surface area contributed by atoms with Crippen LogP contribution in [0.1, 0.15) is 20.3 Å². The fraction of sp³-hybridized carbons (Fsp3) is 0.333. The monoisotopic (exact) mass is 534 g/mol. The summed E-state index contributed by atoms with van der Waals surface area (Å²) in [5, 5.41) is 18.9. The van der Waals surface area contributed by atoms with Gasteiger partial charge in [0.15, 0.2) is 0 Å². The third-order valence-corrected chi connectivity index (χ3v) is 6.47. The molecule has 4 aromatic rings. The molecule has 1 aliphatic rings. The van der Waals surface area contributed by atoms with Crippen LogP contribution in [0.2, 0.25) is 0 Å². The quantitative estimate of drug-likeness (QED) is 0.336. The van der Waals surface area contributed by atoms with Crippen molar-refractivity contribution in [2.24, 2.45) is 5.73 Å². The molecule has 1 unspecified atom stereocenters. The molecular weight excluding hydrogens is 509 g/mol. The number of carboxylic acids is 1. The lowest BCUT2D eigenvalue weighted by molar-refractivity contribution is -0.192. The SMILES string of the molecule is CC(C)Oc1cccc(-c2c[nH]c3ccc(-c4nnc(N5CCC(N)C5)s4)cc23)n1.O=C(O)C(F)(F)F. The van der Waals surface area contributed by atoms with Crippen molar-refractivity contribution in [3.8, 4) is 27.7 Å². The summed E-state index contributed by atoms with van der Waals surface area (Å²) in [5.41, 5.74) is 10.1. The first kappa shape index (κ1) is 26.4. The van der Waals surface area contributed by atoms with Crippen LogP contribution < -0.4 is 15.4 Å². The molecule has 0 amide bonds. The van der Waals surface area contributed by atoms with Crippen molar-refractivity contribution in [1.29, 1.82) is 0 Å². The van der Waals surface area contributed by atoms with Crippen molar-refractivity contribution in [1.82, 2.24) is 20.2 Å². The standard InChI is InChI=1S/C22H24N6OS.C2HF3O2/c1-13(2)29-20-5-3-4-19(25-20)17-11-24-18-7-6-14(10-16(17)18)21-26-27-22(30-21)28-9-8-15(23)12-28;3-2(4,5)1(6)7/h3-7,10-11,13,15,24H,8-9,12,23H2,1-2H3;(H,6,7). The highest BCUT2D eigenvalue weighted by molar-refractivity contribution is 7.18. The number of hydrogen-bond donors (Lipinski definition) is 3. The summed E-state index contributed by atoms with van der Waals surface area (Å²) < 4.78 is 37.5. The fourth-order valence-corrected chi connectivity index (χ4v) is 4.63. The second kappa shape index (κ2) is 10.7. The van der Waals surface area contributed by atoms with Crippen molar-refractivity contribution in [2.45, 2.75) is 38.6 Å². The molecule has 37 heavy (non-hydrogen) atoms. The average Bonchev–Trinajstić information content (AvgIpc) is 3.57. The molecule has 0 bridgehead atoms. The Kier molecular flexibility index (Phi) is 7.64. The molecular formula is C24H25F3N6O3S. The molecule has 3 aromatic heterocycles. The molecule has 9 nitrogen and oxygen atoms in total. The number of nitrogens with two attached hydrogens (primary N) is 1. The summed E-state index contributed by atoms with van der Waals surface area (Å²) in [6.45, 7) is 5.78. The van der Waals surface area contributed by atoms with Gasteiger partial charge in [0.05, 0.1) is 11.8 Å². The Balaban J connectivity index is 0.000000405. The van der Waals surface area contributed by atoms with E-state index in [1.165, 1.54) is 0 Å². The van der Waals surface area contributed by atoms with Gasteiger partial charge in [0.25, 0.3) is 0 Å². The van der Waals surface area contributed by atoms with Crippen LogP contribution in [-0.2, 0) is 4.79 Å². The van der Waals surface area contributed by atoms with Crippen LogP contribution in [0.5, 0.6) is 5.88 Å². The van der Waals surface area contributed by atoms with E-state index >= 15 is 0 Å². The minimum absolute atomic E-state index is 0.0825. The summed E-state index contributed by atoms with van der Waals surface area (Å²) in [7, 11) is 0. The maximum atomic E-state index is 10.6. The predicted molar refractivity (Wildman–Crippen MR) is 135 cm³/mol. The van der Waals surface area contributed by atoms with E-state index in [1.807, 2.05) is 38.2 Å². The number of aromatic amines is 1. The number of ether oxygens (including phenoxy) is 1. The molecule has 5 rings (SSSR count). The van der Waals surface area contributed by atoms with Crippen LogP contribution in [0.25, 0.3) is 32.7 Å². The first-order valence-corrected chi connectivity index (χ1v) is 12.2. The number of hydrogen-bond acceptors (Lipinski definition) is 8. The number of alkyl halides is 3. The number of aliphatic carboxylic acids is 1. The smallest absolute Gasteiger partial charge is 0.475 e. The number of carbonyl (C=O) groups is 1. The summed E-state index contributed by atoms with van der Waals surface area (Å²) in [5.74, 6) is -2.13. The van der Waals surface area contributed by atoms with Crippen LogP contribution in [-0.4, -0.2) is 62.7 Å². The van der Waals surface area contributed by atoms with E-state index in [2.05, 4.69) is 43.3 Å². The van der Waals surface area contributed by atoms with Gasteiger partial charge < -0.3 is 25.5 Å². The Morgan fingerprint density at radius 1 is 1.27 bits per heavy atom. The lowest BCUT2D eigenvalue weighted by atomic mass is 10.1. The highest BCUT2D eigenvalue weighted by Gasteiger charge is 2.38. The van der Waals surface area contributed by atoms with Crippen LogP contribution in [0.4, 0.5) is 18.3 Å². The van der Waals surface area contributed by atoms with Crippen LogP contribution in [0.15, 0.2) is 42.6 Å². The van der Waals surface area contributed by atoms with Gasteiger partial charge in [-0.3, -0.25) is 0 Å². The maximum Gasteiger partial charge on any atom is 0.490 e. The van der Waals surface area contributed by atoms with E-state index < -0.39 is 12.1 Å². The predicted octanol–water partition coefficient (Wildman–Crippen LogP) is 4.71. The van der Waals surface area contributed by atoms with Crippen LogP contribution >= 0.6 is 11.3 Å². The number of fused-ring (bicyclic) bond motifs is 1. The summed E-state index contributed by atoms with van der Waals surface area (Å²) in [6.07, 6.45) is -2.01. The number of pyridine rings is 1. The Bertz CT molecular complexity index is 1390. The number of anilines is 1. The van der Waals surface area contributed by atoms with Crippen molar-refractivity contribution >= 4 is 33.3 Å². The number of halogens is 3. The topological polar surface area (TPSA) is 130 Å². The zero-order chi connectivity index (χ0) is 26.7. The number of nitrogens with zero attached hydrogens (tertiary/aromatic N) is 4. The highest BCUT2D eigenvalue weighted by atomic mass is 32.1. The molecule has 1 fully saturated rings. The van der Waals surface area contributed by atoms with Gasteiger partial charge in [-0.05, 0) is 44.5 Å². The minimum atomic E-state index is -5.08. The van der Waals surface area contributed by atoms with Gasteiger partial charge >= 0.3 is 12.1 Å². The third-order valence-electron chi connectivity index (χ3n) is 5.44. The van der Waals surface area contributed by atoms with Gasteiger partial charge in [-0.2, -0.15) is 13.2 Å². The Hall–Kier alpha value is -3.71. The molecule has 0 aliphatic carbocycles. The number of H-pyrrole nitrogens is 1. The normalized spacial score (nSPS) is 15.6. The third kappa shape index (κ3) is 6.35. The van der Waals surface area contributed by atoms with E-state index in [1.54, 1.807) is 11.3 Å². The Labute approximate surface area is 214 Å². The number of benzene rings is 1. The van der Waals surface area contributed by atoms with Gasteiger partial charge in [-0.1, -0.05) is 17.4 Å². The first-order chi connectivity index (χ1) is 17.5. The van der Waals surface area contributed by atoms with Crippen LogP contribution in [0.3, 0.4) is 0 Å². The van der Waals surface area contributed by atoms with Crippen molar-refractivity contribution in [3.05, 3.63) is 42.6 Å². The summed E-state index contributed by atoms with van der Waals surface area (Å²) in [4.78, 5) is 19.1. The summed E-state index contributed by atoms with van der Waals surface area (Å²) >= 11 is 1.61. The molecule has 4 N–H and O–H groups in total. The number of aromatic nitrogens is 4. The molecule has 1 aliphatic heterocycles. The minimum Gasteiger partial charge on any atom is -0.475 e. The zero-order valence-corrected chi connectivity index (χ0v) is 20.8. The molecule has 1 saturated heterocycles. The van der Waals surface area contributed by atoms with E-state index in [9.17, 15) is 13.2 Å². The van der Waals surface area contributed by atoms with Gasteiger partial charge in [-0.15, -0.1) is 10.2 Å². The van der Waals surface area contributed by atoms with Gasteiger partial charge in [0.2, 0.25) is 11.0 Å². The van der Waals surface area contributed by atoms with Gasteiger partial charge in [-0.25, -0.2) is 9.78 Å². The highest BCUT2D eigenvalue weighted by Crippen LogP contribution is 2.35. The molecule has 0 spiro atoms.